The van der Waals surface area contributed by atoms with Gasteiger partial charge in [0.15, 0.2) is 0 Å². The van der Waals surface area contributed by atoms with Crippen LogP contribution in [0.15, 0.2) is 60.3 Å². The van der Waals surface area contributed by atoms with Crippen molar-refractivity contribution in [1.82, 2.24) is 9.88 Å². The summed E-state index contributed by atoms with van der Waals surface area (Å²) in [4.78, 5) is 19.6. The number of carbonyl (C=O) groups is 1. The van der Waals surface area contributed by atoms with Gasteiger partial charge in [-0.3, -0.25) is 4.79 Å². The minimum Gasteiger partial charge on any atom is -0.393 e. The Bertz CT molecular complexity index is 1170. The van der Waals surface area contributed by atoms with Crippen LogP contribution in [0.3, 0.4) is 0 Å². The molecule has 1 atom stereocenters. The Morgan fingerprint density at radius 2 is 1.86 bits per heavy atom. The summed E-state index contributed by atoms with van der Waals surface area (Å²) >= 11 is 0. The van der Waals surface area contributed by atoms with E-state index in [4.69, 9.17) is 5.11 Å². The maximum atomic E-state index is 12.1. The molecule has 1 aromatic heterocycles. The van der Waals surface area contributed by atoms with Gasteiger partial charge in [0.2, 0.25) is 5.91 Å². The number of aliphatic hydroxyl groups excluding tert-OH is 1. The molecule has 2 N–H and O–H groups in total. The number of hydrogen-bond acceptors (Lipinski definition) is 3. The second-order valence-electron chi connectivity index (χ2n) is 9.07. The van der Waals surface area contributed by atoms with E-state index < -0.39 is 0 Å². The number of amides is 1. The molecule has 1 fully saturated rings. The number of aryl methyl sites for hydroxylation is 1. The summed E-state index contributed by atoms with van der Waals surface area (Å²) in [5.41, 5.74) is 7.45. The Balaban J connectivity index is 0.000000583. The van der Waals surface area contributed by atoms with Crippen LogP contribution in [0, 0.1) is 12.8 Å². The fraction of sp³-hybridized carbons (Fsp3) is 0.387. The summed E-state index contributed by atoms with van der Waals surface area (Å²) in [6.07, 6.45) is 13.7. The van der Waals surface area contributed by atoms with E-state index in [-0.39, 0.29) is 12.0 Å². The van der Waals surface area contributed by atoms with Crippen molar-refractivity contribution < 1.29 is 9.90 Å². The molecule has 192 valence electrons. The highest BCUT2D eigenvalue weighted by Gasteiger charge is 2.23. The first-order chi connectivity index (χ1) is 17.3. The van der Waals surface area contributed by atoms with E-state index in [1.165, 1.54) is 33.5 Å². The van der Waals surface area contributed by atoms with Crippen LogP contribution < -0.4 is 4.90 Å². The molecule has 0 saturated carbocycles. The zero-order chi connectivity index (χ0) is 26.7. The van der Waals surface area contributed by atoms with E-state index in [0.717, 1.165) is 37.7 Å². The van der Waals surface area contributed by atoms with Crippen molar-refractivity contribution in [2.45, 2.75) is 59.5 Å². The molecule has 5 nitrogen and oxygen atoms in total. The van der Waals surface area contributed by atoms with Crippen molar-refractivity contribution in [2.75, 3.05) is 25.0 Å². The Hall–Kier alpha value is -3.49. The number of hydrogen-bond donors (Lipinski definition) is 2. The number of likely N-dealkylation sites (tertiary alicyclic amines) is 1. The molecule has 4 rings (SSSR count). The first-order valence-corrected chi connectivity index (χ1v) is 12.7. The zero-order valence-electron chi connectivity index (χ0n) is 22.4. The predicted octanol–water partition coefficient (Wildman–Crippen LogP) is 6.25. The van der Waals surface area contributed by atoms with E-state index in [0.29, 0.717) is 6.54 Å². The van der Waals surface area contributed by atoms with E-state index in [9.17, 15) is 4.79 Å². The van der Waals surface area contributed by atoms with Gasteiger partial charge in [-0.1, -0.05) is 38.1 Å². The molecule has 1 amide bonds. The molecule has 0 radical (unpaired) electrons. The molecular formula is C31H41N3O2. The first kappa shape index (κ1) is 28.7. The highest BCUT2D eigenvalue weighted by Crippen LogP contribution is 2.34. The van der Waals surface area contributed by atoms with Gasteiger partial charge in [-0.15, -0.1) is 12.8 Å². The topological polar surface area (TPSA) is 59.6 Å². The van der Waals surface area contributed by atoms with Gasteiger partial charge in [0.1, 0.15) is 0 Å². The minimum atomic E-state index is -0.116. The molecule has 5 heteroatoms. The van der Waals surface area contributed by atoms with Crippen LogP contribution in [0.2, 0.25) is 0 Å². The number of nitrogens with zero attached hydrogens (tertiary/aromatic N) is 2. The largest absolute Gasteiger partial charge is 0.393 e. The lowest BCUT2D eigenvalue weighted by molar-refractivity contribution is -0.128. The maximum Gasteiger partial charge on any atom is 0.219 e. The first-order valence-electron chi connectivity index (χ1n) is 12.7. The van der Waals surface area contributed by atoms with Gasteiger partial charge in [-0.2, -0.15) is 0 Å². The number of carbonyl (C=O) groups excluding carboxylic acids is 1. The number of anilines is 1. The number of fused-ring (bicyclic) bond motifs is 1. The van der Waals surface area contributed by atoms with Crippen molar-refractivity contribution in [3.05, 3.63) is 71.4 Å². The number of piperidine rings is 1. The van der Waals surface area contributed by atoms with Crippen LogP contribution in [-0.4, -0.2) is 47.1 Å². The average molecular weight is 488 g/mol. The fourth-order valence-corrected chi connectivity index (χ4v) is 4.43. The summed E-state index contributed by atoms with van der Waals surface area (Å²) in [6.45, 7) is 9.14. The van der Waals surface area contributed by atoms with Crippen LogP contribution >= 0.6 is 0 Å². The SMILES string of the molecule is C#C.CCC(C)O.CCc1ccccc1N(C)/C(=C1\CCCN(C(C)=O)C1)c1ccc2[nH]ccc2c1. The Morgan fingerprint density at radius 3 is 2.50 bits per heavy atom. The van der Waals surface area contributed by atoms with E-state index >= 15 is 0 Å². The Labute approximate surface area is 216 Å². The Morgan fingerprint density at radius 1 is 1.17 bits per heavy atom. The van der Waals surface area contributed by atoms with E-state index in [2.05, 4.69) is 85.2 Å². The number of rotatable bonds is 5. The Kier molecular flexibility index (Phi) is 11.3. The van der Waals surface area contributed by atoms with Crippen molar-refractivity contribution in [3.8, 4) is 12.8 Å². The van der Waals surface area contributed by atoms with Crippen LogP contribution in [0.1, 0.15) is 58.1 Å². The molecule has 1 aliphatic heterocycles. The van der Waals surface area contributed by atoms with Crippen LogP contribution in [0.5, 0.6) is 0 Å². The van der Waals surface area contributed by atoms with Gasteiger partial charge in [-0.05, 0) is 73.6 Å². The van der Waals surface area contributed by atoms with Crippen molar-refractivity contribution in [3.63, 3.8) is 0 Å². The number of aromatic nitrogens is 1. The van der Waals surface area contributed by atoms with Gasteiger partial charge in [0.05, 0.1) is 6.10 Å². The van der Waals surface area contributed by atoms with Gasteiger partial charge < -0.3 is 19.9 Å². The molecular weight excluding hydrogens is 446 g/mol. The highest BCUT2D eigenvalue weighted by atomic mass is 16.3. The monoisotopic (exact) mass is 487 g/mol. The van der Waals surface area contributed by atoms with E-state index in [1.807, 2.05) is 18.0 Å². The third-order valence-corrected chi connectivity index (χ3v) is 6.56. The summed E-state index contributed by atoms with van der Waals surface area (Å²) in [5.74, 6) is 0.152. The van der Waals surface area contributed by atoms with Crippen molar-refractivity contribution in [2.24, 2.45) is 0 Å². The second kappa shape index (κ2) is 14.2. The maximum absolute atomic E-state index is 12.1. The van der Waals surface area contributed by atoms with Crippen LogP contribution in [0.25, 0.3) is 16.6 Å². The van der Waals surface area contributed by atoms with Crippen LogP contribution in [-0.2, 0) is 11.2 Å². The van der Waals surface area contributed by atoms with E-state index in [1.54, 1.807) is 13.8 Å². The number of terminal acetylenes is 1. The lowest BCUT2D eigenvalue weighted by atomic mass is 9.96. The smallest absolute Gasteiger partial charge is 0.219 e. The third kappa shape index (κ3) is 7.26. The second-order valence-corrected chi connectivity index (χ2v) is 9.07. The third-order valence-electron chi connectivity index (χ3n) is 6.56. The van der Waals surface area contributed by atoms with Crippen molar-refractivity contribution >= 4 is 28.2 Å². The van der Waals surface area contributed by atoms with Gasteiger partial charge in [0.25, 0.3) is 0 Å². The number of aromatic amines is 1. The molecule has 0 bridgehead atoms. The standard InChI is InChI=1S/C25H29N3O.C4H10O.C2H2/c1-4-19-8-5-6-10-24(19)27(3)25(22-9-7-15-28(17-22)18(2)29)21-11-12-23-20(16-21)13-14-26-23;1-3-4(2)5;1-2/h5-6,8,10-14,16,26H,4,7,9,15,17H2,1-3H3;4-5H,3H2,1-2H3;1-2H/b25-22+;;. The molecule has 0 spiro atoms. The summed E-state index contributed by atoms with van der Waals surface area (Å²) in [7, 11) is 2.16. The lowest BCUT2D eigenvalue weighted by Crippen LogP contribution is -2.36. The molecule has 2 heterocycles. The predicted molar refractivity (Wildman–Crippen MR) is 153 cm³/mol. The molecule has 36 heavy (non-hydrogen) atoms. The summed E-state index contributed by atoms with van der Waals surface area (Å²) < 4.78 is 0. The molecule has 1 unspecified atom stereocenters. The summed E-state index contributed by atoms with van der Waals surface area (Å²) in [5, 5.41) is 9.57. The quantitative estimate of drug-likeness (QED) is 0.419. The van der Waals surface area contributed by atoms with Gasteiger partial charge >= 0.3 is 0 Å². The average Bonchev–Trinajstić information content (AvgIpc) is 3.38. The number of benzene rings is 2. The molecule has 3 aromatic rings. The number of aliphatic hydroxyl groups is 1. The number of nitrogens with one attached hydrogen (secondary N) is 1. The highest BCUT2D eigenvalue weighted by molar-refractivity contribution is 5.89. The minimum absolute atomic E-state index is 0.116. The van der Waals surface area contributed by atoms with Gasteiger partial charge in [-0.25, -0.2) is 0 Å². The van der Waals surface area contributed by atoms with Crippen LogP contribution in [0.4, 0.5) is 5.69 Å². The molecule has 1 aliphatic rings. The van der Waals surface area contributed by atoms with Crippen molar-refractivity contribution in [1.29, 1.82) is 0 Å². The molecule has 2 aromatic carbocycles. The fourth-order valence-electron chi connectivity index (χ4n) is 4.43. The lowest BCUT2D eigenvalue weighted by Gasteiger charge is -2.34. The number of H-pyrrole nitrogens is 1. The van der Waals surface area contributed by atoms with Gasteiger partial charge in [0, 0.05) is 55.5 Å². The molecule has 0 aliphatic carbocycles. The summed E-state index contributed by atoms with van der Waals surface area (Å²) in [6, 6.07) is 17.3. The normalized spacial score (nSPS) is 15.2. The zero-order valence-corrected chi connectivity index (χ0v) is 22.4. The number of para-hydroxylation sites is 1. The molecule has 1 saturated heterocycles.